The summed E-state index contributed by atoms with van der Waals surface area (Å²) >= 11 is 0. The Bertz CT molecular complexity index is 472. The monoisotopic (exact) mass is 271 g/mol. The second-order valence-electron chi connectivity index (χ2n) is 6.19. The lowest BCUT2D eigenvalue weighted by Crippen LogP contribution is -2.17. The van der Waals surface area contributed by atoms with Crippen molar-refractivity contribution in [2.75, 3.05) is 0 Å². The van der Waals surface area contributed by atoms with Crippen LogP contribution in [0, 0.1) is 5.41 Å². The first kappa shape index (κ1) is 15.4. The van der Waals surface area contributed by atoms with E-state index in [9.17, 15) is 14.4 Å². The lowest BCUT2D eigenvalue weighted by Gasteiger charge is -2.19. The summed E-state index contributed by atoms with van der Waals surface area (Å²) < 4.78 is 11.4. The first-order valence-corrected chi connectivity index (χ1v) is 7.67. The van der Waals surface area contributed by atoms with E-state index >= 15 is 0 Å². The van der Waals surface area contributed by atoms with Crippen LogP contribution >= 0.6 is 7.60 Å². The average Bonchev–Trinajstić information content (AvgIpc) is 2.12. The molecular weight excluding hydrogens is 249 g/mol. The van der Waals surface area contributed by atoms with E-state index in [1.54, 1.807) is 0 Å². The van der Waals surface area contributed by atoms with Crippen LogP contribution in [0.5, 0.6) is 0 Å². The van der Waals surface area contributed by atoms with E-state index in [1.807, 2.05) is 19.9 Å². The molecule has 0 aliphatic carbocycles. The number of rotatable bonds is 3. The second kappa shape index (κ2) is 5.12. The molecule has 0 aliphatic heterocycles. The Balaban J connectivity index is 3.27. The first-order valence-electron chi connectivity index (χ1n) is 6.06. The lowest BCUT2D eigenvalue weighted by atomic mass is 9.89. The molecule has 1 rings (SSSR count). The summed E-state index contributed by atoms with van der Waals surface area (Å²) in [5, 5.41) is 0. The predicted octanol–water partition coefficient (Wildman–Crippen LogP) is 2.60. The number of nitrogens with zero attached hydrogens (tertiary/aromatic N) is 1. The van der Waals surface area contributed by atoms with E-state index in [2.05, 4.69) is 25.8 Å². The van der Waals surface area contributed by atoms with Gasteiger partial charge in [-0.25, -0.2) is 4.98 Å². The highest BCUT2D eigenvalue weighted by atomic mass is 31.2. The summed E-state index contributed by atoms with van der Waals surface area (Å²) in [4.78, 5) is 22.6. The molecule has 0 bridgehead atoms. The van der Waals surface area contributed by atoms with Gasteiger partial charge in [-0.15, -0.1) is 0 Å². The molecule has 0 atom stereocenters. The van der Waals surface area contributed by atoms with Crippen LogP contribution in [0.25, 0.3) is 0 Å². The maximum absolute atomic E-state index is 11.4. The molecule has 0 aromatic carbocycles. The van der Waals surface area contributed by atoms with Crippen molar-refractivity contribution in [1.82, 2.24) is 4.98 Å². The predicted molar refractivity (Wildman–Crippen MR) is 73.2 cm³/mol. The third-order valence-electron chi connectivity index (χ3n) is 2.56. The van der Waals surface area contributed by atoms with Gasteiger partial charge in [0.25, 0.3) is 0 Å². The molecule has 1 aromatic heterocycles. The van der Waals surface area contributed by atoms with Gasteiger partial charge in [0.2, 0.25) is 0 Å². The Kier molecular flexibility index (Phi) is 4.37. The maximum Gasteiger partial charge on any atom is 0.374 e. The molecule has 18 heavy (non-hydrogen) atoms. The first-order chi connectivity index (χ1) is 7.99. The minimum Gasteiger partial charge on any atom is -0.320 e. The Labute approximate surface area is 109 Å². The van der Waals surface area contributed by atoms with E-state index in [0.717, 1.165) is 11.3 Å². The van der Waals surface area contributed by atoms with E-state index in [-0.39, 0.29) is 16.8 Å². The number of aromatic nitrogens is 1. The maximum atomic E-state index is 11.4. The van der Waals surface area contributed by atoms with E-state index in [1.165, 1.54) is 6.07 Å². The molecule has 0 amide bonds. The summed E-state index contributed by atoms with van der Waals surface area (Å²) in [7, 11) is -4.29. The fourth-order valence-electron chi connectivity index (χ4n) is 1.71. The Hall–Kier alpha value is -0.700. The van der Waals surface area contributed by atoms with Crippen molar-refractivity contribution in [3.8, 4) is 0 Å². The second-order valence-corrected chi connectivity index (χ2v) is 7.73. The molecule has 0 unspecified atom stereocenters. The molecule has 0 spiro atoms. The van der Waals surface area contributed by atoms with Crippen LogP contribution in [0.2, 0.25) is 0 Å². The van der Waals surface area contributed by atoms with Crippen LogP contribution in [0.3, 0.4) is 0 Å². The van der Waals surface area contributed by atoms with Crippen LogP contribution in [-0.4, -0.2) is 14.8 Å². The van der Waals surface area contributed by atoms with Crippen LogP contribution in [0.15, 0.2) is 12.1 Å². The van der Waals surface area contributed by atoms with Gasteiger partial charge in [0, 0.05) is 5.69 Å². The molecular formula is C13H22NO3P. The summed E-state index contributed by atoms with van der Waals surface area (Å²) in [6.07, 6.45) is 0.695. The van der Waals surface area contributed by atoms with Gasteiger partial charge >= 0.3 is 7.60 Å². The van der Waals surface area contributed by atoms with E-state index in [4.69, 9.17) is 0 Å². The molecule has 1 aromatic rings. The van der Waals surface area contributed by atoms with E-state index < -0.39 is 7.60 Å². The van der Waals surface area contributed by atoms with Gasteiger partial charge in [-0.3, -0.25) is 4.57 Å². The van der Waals surface area contributed by atoms with Crippen LogP contribution < -0.4 is 5.44 Å². The standard InChI is InChI=1S/C13H22NO3P/c1-9(2)10-6-11(8-13(3,4)5)14-12(7-10)18(15,16)17/h6-7,9H,8H2,1-5H3,(H2,15,16,17). The van der Waals surface area contributed by atoms with Crippen molar-refractivity contribution in [1.29, 1.82) is 0 Å². The van der Waals surface area contributed by atoms with Crippen LogP contribution in [0.4, 0.5) is 0 Å². The van der Waals surface area contributed by atoms with Gasteiger partial charge in [0.05, 0.1) is 0 Å². The topological polar surface area (TPSA) is 70.4 Å². The van der Waals surface area contributed by atoms with Crippen molar-refractivity contribution in [3.05, 3.63) is 23.4 Å². The van der Waals surface area contributed by atoms with Crippen molar-refractivity contribution < 1.29 is 14.4 Å². The average molecular weight is 271 g/mol. The Morgan fingerprint density at radius 2 is 1.83 bits per heavy atom. The molecule has 0 saturated heterocycles. The zero-order valence-corrected chi connectivity index (χ0v) is 12.5. The Morgan fingerprint density at radius 3 is 2.22 bits per heavy atom. The smallest absolute Gasteiger partial charge is 0.320 e. The van der Waals surface area contributed by atoms with Crippen molar-refractivity contribution in [2.24, 2.45) is 5.41 Å². The third-order valence-corrected chi connectivity index (χ3v) is 3.39. The zero-order valence-electron chi connectivity index (χ0n) is 11.6. The fourth-order valence-corrected chi connectivity index (χ4v) is 2.29. The van der Waals surface area contributed by atoms with Gasteiger partial charge in [-0.2, -0.15) is 0 Å². The van der Waals surface area contributed by atoms with Crippen molar-refractivity contribution in [3.63, 3.8) is 0 Å². The van der Waals surface area contributed by atoms with Crippen molar-refractivity contribution >= 4 is 13.0 Å². The highest BCUT2D eigenvalue weighted by Crippen LogP contribution is 2.33. The molecule has 0 radical (unpaired) electrons. The Morgan fingerprint density at radius 1 is 1.28 bits per heavy atom. The third kappa shape index (κ3) is 4.52. The minimum absolute atomic E-state index is 0.0365. The quantitative estimate of drug-likeness (QED) is 0.829. The van der Waals surface area contributed by atoms with E-state index in [0.29, 0.717) is 6.42 Å². The fraction of sp³-hybridized carbons (Fsp3) is 0.615. The van der Waals surface area contributed by atoms with Gasteiger partial charge in [0.1, 0.15) is 0 Å². The van der Waals surface area contributed by atoms with Gasteiger partial charge in [-0.05, 0) is 35.4 Å². The molecule has 0 fully saturated rings. The molecule has 0 aliphatic rings. The lowest BCUT2D eigenvalue weighted by molar-refractivity contribution is 0.384. The molecule has 2 N–H and O–H groups in total. The molecule has 1 heterocycles. The molecule has 102 valence electrons. The van der Waals surface area contributed by atoms with Gasteiger partial charge in [0.15, 0.2) is 5.44 Å². The largest absolute Gasteiger partial charge is 0.374 e. The number of pyridine rings is 1. The van der Waals surface area contributed by atoms with Crippen molar-refractivity contribution in [2.45, 2.75) is 47.0 Å². The SMILES string of the molecule is CC(C)c1cc(CC(C)(C)C)nc(P(=O)(O)O)c1. The molecule has 5 heteroatoms. The highest BCUT2D eigenvalue weighted by molar-refractivity contribution is 7.60. The minimum atomic E-state index is -4.29. The molecule has 0 saturated carbocycles. The summed E-state index contributed by atoms with van der Waals surface area (Å²) in [6, 6.07) is 3.45. The van der Waals surface area contributed by atoms with Gasteiger partial charge < -0.3 is 9.79 Å². The highest BCUT2D eigenvalue weighted by Gasteiger charge is 2.22. The van der Waals surface area contributed by atoms with Crippen LogP contribution in [-0.2, 0) is 11.0 Å². The van der Waals surface area contributed by atoms with Gasteiger partial charge in [-0.1, -0.05) is 34.6 Å². The number of hydrogen-bond donors (Lipinski definition) is 2. The number of hydrogen-bond acceptors (Lipinski definition) is 2. The molecule has 4 nitrogen and oxygen atoms in total. The normalized spacial score (nSPS) is 13.1. The summed E-state index contributed by atoms with van der Waals surface area (Å²) in [6.45, 7) is 10.2. The van der Waals surface area contributed by atoms with Crippen LogP contribution in [0.1, 0.15) is 51.8 Å². The zero-order chi connectivity index (χ0) is 14.1. The summed E-state index contributed by atoms with van der Waals surface area (Å²) in [5.74, 6) is 0.219. The summed E-state index contributed by atoms with van der Waals surface area (Å²) in [5.41, 5.74) is 1.58.